The van der Waals surface area contributed by atoms with Crippen LogP contribution in [-0.2, 0) is 14.6 Å². The van der Waals surface area contributed by atoms with E-state index in [1.54, 1.807) is 26.2 Å². The van der Waals surface area contributed by atoms with Gasteiger partial charge in [-0.25, -0.2) is 8.42 Å². The zero-order chi connectivity index (χ0) is 25.8. The van der Waals surface area contributed by atoms with E-state index in [9.17, 15) is 13.2 Å². The second-order valence-electron chi connectivity index (χ2n) is 10.4. The van der Waals surface area contributed by atoms with E-state index in [2.05, 4.69) is 16.8 Å². The number of likely N-dealkylation sites (N-methyl/N-ethyl adjacent to an activating group) is 1. The lowest BCUT2D eigenvalue weighted by atomic mass is 10.0. The second-order valence-corrected chi connectivity index (χ2v) is 12.7. The zero-order valence-corrected chi connectivity index (χ0v) is 23.2. The molecular weight excluding hydrogens is 464 g/mol. The number of sulfone groups is 1. The fraction of sp³-hybridized carbons (Fsp3) is 0.731. The van der Waals surface area contributed by atoms with Crippen molar-refractivity contribution >= 4 is 15.7 Å². The molecule has 8 nitrogen and oxygen atoms in total. The first-order valence-corrected chi connectivity index (χ1v) is 14.4. The molecule has 0 radical (unpaired) electrons. The fourth-order valence-electron chi connectivity index (χ4n) is 5.34. The lowest BCUT2D eigenvalue weighted by Gasteiger charge is -2.42. The second kappa shape index (κ2) is 12.0. The molecule has 3 rings (SSSR count). The Balaban J connectivity index is 1.47. The highest BCUT2D eigenvalue weighted by atomic mass is 32.2. The van der Waals surface area contributed by atoms with Crippen LogP contribution in [-0.4, -0.2) is 119 Å². The van der Waals surface area contributed by atoms with Gasteiger partial charge in [0.15, 0.2) is 9.84 Å². The summed E-state index contributed by atoms with van der Waals surface area (Å²) in [7, 11) is 2.18. The number of carbonyl (C=O) groups excluding carboxylic acids is 1. The topological polar surface area (TPSA) is 73.4 Å². The number of methoxy groups -OCH3 is 1. The minimum Gasteiger partial charge on any atom is -0.497 e. The smallest absolute Gasteiger partial charge is 0.236 e. The van der Waals surface area contributed by atoms with Crippen molar-refractivity contribution in [2.45, 2.75) is 56.2 Å². The van der Waals surface area contributed by atoms with Gasteiger partial charge in [-0.2, -0.15) is 0 Å². The third-order valence-electron chi connectivity index (χ3n) is 7.68. The SMILES string of the molecule is COc1cc(C)c(S(=O)(=O)C(C)CCN(C)CC(=O)N2CCN(C3CCN(C)CC3)CC2)c(C)c1. The third-order valence-corrected chi connectivity index (χ3v) is 10.2. The number of piperazine rings is 1. The third kappa shape index (κ3) is 6.96. The molecule has 0 bridgehead atoms. The van der Waals surface area contributed by atoms with Crippen molar-refractivity contribution in [1.29, 1.82) is 0 Å². The molecule has 1 amide bonds. The summed E-state index contributed by atoms with van der Waals surface area (Å²) in [6, 6.07) is 4.18. The molecular formula is C26H44N4O4S. The van der Waals surface area contributed by atoms with Crippen molar-refractivity contribution in [3.63, 3.8) is 0 Å². The van der Waals surface area contributed by atoms with E-state index in [4.69, 9.17) is 4.74 Å². The minimum atomic E-state index is -3.48. The molecule has 0 aliphatic carbocycles. The van der Waals surface area contributed by atoms with E-state index >= 15 is 0 Å². The lowest BCUT2D eigenvalue weighted by Crippen LogP contribution is -2.55. The van der Waals surface area contributed by atoms with E-state index in [1.807, 2.05) is 30.7 Å². The highest BCUT2D eigenvalue weighted by molar-refractivity contribution is 7.92. The average Bonchev–Trinajstić information content (AvgIpc) is 2.82. The van der Waals surface area contributed by atoms with Crippen molar-refractivity contribution in [3.05, 3.63) is 23.3 Å². The summed E-state index contributed by atoms with van der Waals surface area (Å²) in [6.07, 6.45) is 2.90. The van der Waals surface area contributed by atoms with Crippen molar-refractivity contribution in [2.75, 3.05) is 73.6 Å². The number of hydrogen-bond donors (Lipinski definition) is 0. The molecule has 0 aromatic heterocycles. The van der Waals surface area contributed by atoms with Crippen LogP contribution >= 0.6 is 0 Å². The molecule has 198 valence electrons. The molecule has 0 saturated carbocycles. The zero-order valence-electron chi connectivity index (χ0n) is 22.4. The van der Waals surface area contributed by atoms with E-state index in [0.717, 1.165) is 39.3 Å². The van der Waals surface area contributed by atoms with Gasteiger partial charge in [0.05, 0.1) is 23.8 Å². The Morgan fingerprint density at radius 3 is 2.20 bits per heavy atom. The van der Waals surface area contributed by atoms with Crippen LogP contribution in [0.25, 0.3) is 0 Å². The summed E-state index contributed by atoms with van der Waals surface area (Å²) in [6.45, 7) is 12.0. The molecule has 0 spiro atoms. The minimum absolute atomic E-state index is 0.132. The van der Waals surface area contributed by atoms with Gasteiger partial charge in [0, 0.05) is 32.2 Å². The fourth-order valence-corrected chi connectivity index (χ4v) is 7.18. The first-order valence-electron chi connectivity index (χ1n) is 12.8. The number of amides is 1. The maximum absolute atomic E-state index is 13.3. The summed E-state index contributed by atoms with van der Waals surface area (Å²) < 4.78 is 31.9. The van der Waals surface area contributed by atoms with Crippen LogP contribution < -0.4 is 4.74 Å². The van der Waals surface area contributed by atoms with Crippen LogP contribution in [0.5, 0.6) is 5.75 Å². The van der Waals surface area contributed by atoms with Gasteiger partial charge in [0.2, 0.25) is 5.91 Å². The molecule has 2 saturated heterocycles. The number of piperidine rings is 1. The maximum atomic E-state index is 13.3. The van der Waals surface area contributed by atoms with Crippen molar-refractivity contribution < 1.29 is 17.9 Å². The average molecular weight is 509 g/mol. The van der Waals surface area contributed by atoms with Gasteiger partial charge in [-0.05, 0) is 97.0 Å². The number of aryl methyl sites for hydroxylation is 2. The predicted molar refractivity (Wildman–Crippen MR) is 140 cm³/mol. The Labute approximate surface area is 212 Å². The molecule has 0 N–H and O–H groups in total. The Bertz CT molecular complexity index is 945. The van der Waals surface area contributed by atoms with E-state index in [1.165, 1.54) is 12.8 Å². The van der Waals surface area contributed by atoms with Crippen molar-refractivity contribution in [1.82, 2.24) is 19.6 Å². The molecule has 1 unspecified atom stereocenters. The largest absolute Gasteiger partial charge is 0.497 e. The highest BCUT2D eigenvalue weighted by Crippen LogP contribution is 2.29. The Morgan fingerprint density at radius 1 is 1.09 bits per heavy atom. The van der Waals surface area contributed by atoms with E-state index in [-0.39, 0.29) is 5.91 Å². The Kier molecular flexibility index (Phi) is 9.60. The summed E-state index contributed by atoms with van der Waals surface area (Å²) in [4.78, 5) is 22.1. The van der Waals surface area contributed by atoms with Gasteiger partial charge in [-0.15, -0.1) is 0 Å². The standard InChI is InChI=1S/C26H44N4O4S/c1-20-17-24(34-6)18-21(2)26(20)35(32,33)22(3)7-10-28(5)19-25(31)30-15-13-29(14-16-30)23-8-11-27(4)12-9-23/h17-18,22-23H,7-16,19H2,1-6H3. The number of hydrogen-bond acceptors (Lipinski definition) is 7. The van der Waals surface area contributed by atoms with Crippen LogP contribution in [0, 0.1) is 13.8 Å². The van der Waals surface area contributed by atoms with Gasteiger partial charge in [0.1, 0.15) is 5.75 Å². The van der Waals surface area contributed by atoms with Crippen LogP contribution in [0.3, 0.4) is 0 Å². The highest BCUT2D eigenvalue weighted by Gasteiger charge is 2.30. The molecule has 2 aliphatic heterocycles. The number of ether oxygens (including phenoxy) is 1. The number of likely N-dealkylation sites (tertiary alicyclic amines) is 1. The number of nitrogens with zero attached hydrogens (tertiary/aromatic N) is 4. The molecule has 1 atom stereocenters. The van der Waals surface area contributed by atoms with Crippen LogP contribution in [0.15, 0.2) is 17.0 Å². The van der Waals surface area contributed by atoms with Crippen LogP contribution in [0.1, 0.15) is 37.3 Å². The maximum Gasteiger partial charge on any atom is 0.236 e. The predicted octanol–water partition coefficient (Wildman–Crippen LogP) is 2.03. The molecule has 9 heteroatoms. The summed E-state index contributed by atoms with van der Waals surface area (Å²) in [5, 5.41) is -0.538. The Hall–Kier alpha value is -1.68. The monoisotopic (exact) mass is 508 g/mol. The van der Waals surface area contributed by atoms with E-state index in [0.29, 0.717) is 47.3 Å². The van der Waals surface area contributed by atoms with E-state index < -0.39 is 15.1 Å². The summed E-state index contributed by atoms with van der Waals surface area (Å²) in [5.41, 5.74) is 1.41. The number of carbonyl (C=O) groups is 1. The summed E-state index contributed by atoms with van der Waals surface area (Å²) in [5.74, 6) is 0.796. The van der Waals surface area contributed by atoms with Gasteiger partial charge in [-0.3, -0.25) is 14.6 Å². The number of benzene rings is 1. The molecule has 1 aromatic rings. The normalized spacial score (nSPS) is 19.8. The van der Waals surface area contributed by atoms with Crippen molar-refractivity contribution in [3.8, 4) is 5.75 Å². The van der Waals surface area contributed by atoms with Gasteiger partial charge < -0.3 is 14.5 Å². The quantitative estimate of drug-likeness (QED) is 0.505. The van der Waals surface area contributed by atoms with Crippen molar-refractivity contribution in [2.24, 2.45) is 0 Å². The van der Waals surface area contributed by atoms with Gasteiger partial charge in [0.25, 0.3) is 0 Å². The molecule has 2 heterocycles. The molecule has 2 fully saturated rings. The summed E-state index contributed by atoms with van der Waals surface area (Å²) >= 11 is 0. The Morgan fingerprint density at radius 2 is 1.66 bits per heavy atom. The first kappa shape index (κ1) is 27.9. The van der Waals surface area contributed by atoms with Gasteiger partial charge >= 0.3 is 0 Å². The van der Waals surface area contributed by atoms with Gasteiger partial charge in [-0.1, -0.05) is 0 Å². The van der Waals surface area contributed by atoms with Crippen LogP contribution in [0.4, 0.5) is 0 Å². The van der Waals surface area contributed by atoms with Crippen LogP contribution in [0.2, 0.25) is 0 Å². The lowest BCUT2D eigenvalue weighted by molar-refractivity contribution is -0.134. The first-order chi connectivity index (χ1) is 16.5. The molecule has 2 aliphatic rings. The number of rotatable bonds is 9. The molecule has 1 aromatic carbocycles. The molecule has 35 heavy (non-hydrogen) atoms.